The molecule has 1 nitrogen and oxygen atoms in total. The second-order valence-electron chi connectivity index (χ2n) is 34.6. The molecule has 2 aromatic heterocycles. The van der Waals surface area contributed by atoms with Crippen molar-refractivity contribution in [3.63, 3.8) is 0 Å². The molecule has 5 heteroatoms. The van der Waals surface area contributed by atoms with Crippen LogP contribution in [0.4, 0.5) is 0 Å². The van der Waals surface area contributed by atoms with Crippen LogP contribution in [0.5, 0.6) is 0 Å². The van der Waals surface area contributed by atoms with E-state index in [1.54, 1.807) is 0 Å². The number of fused-ring (bicyclic) bond motifs is 1. The zero-order chi connectivity index (χ0) is 79.3. The summed E-state index contributed by atoms with van der Waals surface area (Å²) < 4.78 is 4.60. The van der Waals surface area contributed by atoms with E-state index in [1.165, 1.54) is 429 Å². The van der Waals surface area contributed by atoms with Gasteiger partial charge in [0.05, 0.1) is 5.92 Å². The van der Waals surface area contributed by atoms with Gasteiger partial charge >= 0.3 is 0 Å². The minimum atomic E-state index is -1.41. The van der Waals surface area contributed by atoms with E-state index < -0.39 is 5.60 Å². The van der Waals surface area contributed by atoms with Gasteiger partial charge in [-0.1, -0.05) is 503 Å². The van der Waals surface area contributed by atoms with Crippen molar-refractivity contribution in [2.45, 2.75) is 419 Å². The molecule has 0 bridgehead atoms. The Labute approximate surface area is 718 Å². The molecule has 8 aromatic rings. The van der Waals surface area contributed by atoms with Gasteiger partial charge in [0, 0.05) is 33.7 Å². The van der Waals surface area contributed by atoms with E-state index in [0.717, 1.165) is 56.9 Å². The van der Waals surface area contributed by atoms with Crippen LogP contribution in [-0.2, 0) is 31.3 Å². The summed E-state index contributed by atoms with van der Waals surface area (Å²) in [5.41, 5.74) is 13.0. The highest BCUT2D eigenvalue weighted by Gasteiger charge is 2.37. The molecular formula is C108H157Br2OS2. The Hall–Kier alpha value is -4.10. The van der Waals surface area contributed by atoms with E-state index in [1.807, 2.05) is 22.7 Å². The summed E-state index contributed by atoms with van der Waals surface area (Å²) in [7, 11) is 0. The van der Waals surface area contributed by atoms with Crippen LogP contribution in [0.2, 0.25) is 0 Å². The van der Waals surface area contributed by atoms with E-state index in [4.69, 9.17) is 0 Å². The van der Waals surface area contributed by atoms with Crippen molar-refractivity contribution in [2.75, 3.05) is 0 Å². The molecule has 621 valence electrons. The maximum Gasteiger partial charge on any atom is 0.141 e. The average molecular weight is 1700 g/mol. The van der Waals surface area contributed by atoms with Crippen molar-refractivity contribution in [1.29, 1.82) is 0 Å². The first-order chi connectivity index (χ1) is 55.7. The highest BCUT2D eigenvalue weighted by Crippen LogP contribution is 2.50. The van der Waals surface area contributed by atoms with Gasteiger partial charge in [-0.05, 0) is 149 Å². The molecule has 0 saturated carbocycles. The zero-order valence-electron chi connectivity index (χ0n) is 72.3. The summed E-state index contributed by atoms with van der Waals surface area (Å²) in [6, 6.07) is 56.0. The van der Waals surface area contributed by atoms with Crippen LogP contribution in [-0.4, -0.2) is 5.11 Å². The Bertz CT molecular complexity index is 3480. The first kappa shape index (κ1) is 94.4. The van der Waals surface area contributed by atoms with Crippen LogP contribution < -0.4 is 0 Å². The molecule has 0 atom stereocenters. The van der Waals surface area contributed by atoms with Crippen LogP contribution in [0.3, 0.4) is 0 Å². The molecular weight excluding hydrogens is 1540 g/mol. The number of hydrogen-bond acceptors (Lipinski definition) is 3. The van der Waals surface area contributed by atoms with Gasteiger partial charge in [-0.15, -0.1) is 22.7 Å². The third-order valence-electron chi connectivity index (χ3n) is 24.9. The van der Waals surface area contributed by atoms with Crippen LogP contribution in [0, 0.1) is 5.92 Å². The van der Waals surface area contributed by atoms with Gasteiger partial charge in [-0.25, -0.2) is 0 Å². The molecule has 8 rings (SSSR count). The van der Waals surface area contributed by atoms with E-state index in [9.17, 15) is 5.11 Å². The number of aryl methyl sites for hydroxylation is 4. The maximum atomic E-state index is 14.1. The Morgan fingerprint density at radius 2 is 0.487 bits per heavy atom. The summed E-state index contributed by atoms with van der Waals surface area (Å²) in [6.07, 6.45) is 81.7. The third kappa shape index (κ3) is 35.8. The average Bonchev–Trinajstić information content (AvgIpc) is 1.69. The number of hydrogen-bond donors (Lipinski definition) is 1. The van der Waals surface area contributed by atoms with Crippen molar-refractivity contribution in [3.05, 3.63) is 216 Å². The lowest BCUT2D eigenvalue weighted by Gasteiger charge is -2.32. The molecule has 6 aromatic carbocycles. The zero-order valence-corrected chi connectivity index (χ0v) is 77.1. The molecule has 0 aliphatic rings. The van der Waals surface area contributed by atoms with Gasteiger partial charge in [-0.2, -0.15) is 0 Å². The number of thiophene rings is 2. The summed E-state index contributed by atoms with van der Waals surface area (Å²) in [5, 5.41) is 14.1. The fraction of sp³-hybridized carbons (Fsp3) is 0.602. The summed E-state index contributed by atoms with van der Waals surface area (Å²) in [5.74, 6) is 1.29. The molecule has 0 amide bonds. The maximum absolute atomic E-state index is 14.1. The molecule has 0 aliphatic carbocycles. The highest BCUT2D eigenvalue weighted by molar-refractivity contribution is 9.10. The van der Waals surface area contributed by atoms with E-state index >= 15 is 0 Å². The highest BCUT2D eigenvalue weighted by atomic mass is 79.9. The molecule has 0 fully saturated rings. The molecule has 2 heterocycles. The lowest BCUT2D eigenvalue weighted by Crippen LogP contribution is -2.29. The lowest BCUT2D eigenvalue weighted by atomic mass is 9.77. The van der Waals surface area contributed by atoms with Crippen molar-refractivity contribution in [1.82, 2.24) is 0 Å². The minimum Gasteiger partial charge on any atom is -0.376 e. The van der Waals surface area contributed by atoms with Crippen molar-refractivity contribution >= 4 is 63.9 Å². The fourth-order valence-electron chi connectivity index (χ4n) is 17.6. The molecule has 1 N–H and O–H groups in total. The number of unbranched alkanes of at least 4 members (excludes halogenated alkanes) is 52. The largest absolute Gasteiger partial charge is 0.376 e. The van der Waals surface area contributed by atoms with Gasteiger partial charge in [0.15, 0.2) is 0 Å². The monoisotopic (exact) mass is 1690 g/mol. The smallest absolute Gasteiger partial charge is 0.141 e. The number of aliphatic hydroxyl groups is 1. The molecule has 0 unspecified atom stereocenters. The van der Waals surface area contributed by atoms with Gasteiger partial charge < -0.3 is 5.11 Å². The Kier molecular flexibility index (Phi) is 49.1. The third-order valence-corrected chi connectivity index (χ3v) is 28.2. The van der Waals surface area contributed by atoms with Crippen LogP contribution in [0.1, 0.15) is 443 Å². The van der Waals surface area contributed by atoms with Crippen molar-refractivity contribution in [2.24, 2.45) is 0 Å². The van der Waals surface area contributed by atoms with E-state index in [-0.39, 0.29) is 0 Å². The van der Waals surface area contributed by atoms with Gasteiger partial charge in [0.2, 0.25) is 0 Å². The second-order valence-corrected chi connectivity index (χ2v) is 38.6. The first-order valence-electron chi connectivity index (χ1n) is 47.8. The van der Waals surface area contributed by atoms with E-state index in [2.05, 4.69) is 205 Å². The number of halogens is 2. The molecule has 1 radical (unpaired) electrons. The van der Waals surface area contributed by atoms with Crippen molar-refractivity contribution < 1.29 is 5.11 Å². The lowest BCUT2D eigenvalue weighted by molar-refractivity contribution is 0.126. The number of benzene rings is 6. The summed E-state index contributed by atoms with van der Waals surface area (Å²) >= 11 is 11.7. The molecule has 113 heavy (non-hydrogen) atoms. The predicted molar refractivity (Wildman–Crippen MR) is 510 cm³/mol. The van der Waals surface area contributed by atoms with Gasteiger partial charge in [0.1, 0.15) is 5.60 Å². The molecule has 0 saturated heterocycles. The van der Waals surface area contributed by atoms with E-state index in [0.29, 0.717) is 0 Å². The second kappa shape index (κ2) is 58.7. The minimum absolute atomic E-state index is 0.908. The Morgan fingerprint density at radius 1 is 0.257 bits per heavy atom. The van der Waals surface area contributed by atoms with Crippen LogP contribution in [0.25, 0.3) is 30.3 Å². The Balaban J connectivity index is 0.973. The fourth-order valence-corrected chi connectivity index (χ4v) is 20.8. The normalized spacial score (nSPS) is 11.9. The van der Waals surface area contributed by atoms with Crippen LogP contribution >= 0.6 is 54.5 Å². The Morgan fingerprint density at radius 3 is 0.761 bits per heavy atom. The predicted octanol–water partition coefficient (Wildman–Crippen LogP) is 37.2. The quantitative estimate of drug-likeness (QED) is 0.0298. The van der Waals surface area contributed by atoms with Crippen molar-refractivity contribution in [3.8, 4) is 20.9 Å². The summed E-state index contributed by atoms with van der Waals surface area (Å²) in [4.78, 5) is 2.45. The summed E-state index contributed by atoms with van der Waals surface area (Å²) in [6.45, 7) is 9.25. The standard InChI is InChI=1S/C108H157Br2OS2/c1-5-9-13-17-21-25-29-33-37-41-45-49-53-57-61-89-65-73-93(74-66-89)107(94-75-67-90(68-76-94)62-58-54-50-46-42-38-34-30-26-22-18-14-10-6-2)101-85-97(109)81-83-99(101)103-87-105-106(112-103)88-104(113-105)100-84-82-98(110)86-102(100)108(111,95-77-69-91(70-78-95)63-59-55-51-47-43-39-35-31-27-23-19-15-11-7-3)96-79-71-92(72-80-96)64-60-56-52-48-44-40-36-32-28-24-20-16-12-8-4/h65-88,111H,5-64H2,1-4H3. The molecule has 0 spiro atoms. The van der Waals surface area contributed by atoms with Gasteiger partial charge in [0.25, 0.3) is 0 Å². The van der Waals surface area contributed by atoms with Gasteiger partial charge in [-0.3, -0.25) is 0 Å². The SMILES string of the molecule is CCCCCCCCCCCCCCCCc1ccc([C](c2ccc(CCCCCCCCCCCCCCCC)cc2)c2cc(Br)ccc2-c2cc3sc(-c4ccc(Br)cc4C(O)(c4ccc(CCCCCCCCCCCCCCCC)cc4)c4ccc(CCCCCCCCCCCCCCCC)cc4)cc3s2)cc1. The first-order valence-corrected chi connectivity index (χ1v) is 51.0. The number of rotatable bonds is 68. The van der Waals surface area contributed by atoms with Crippen LogP contribution in [0.15, 0.2) is 155 Å². The molecule has 0 aliphatic heterocycles. The topological polar surface area (TPSA) is 20.2 Å².